The van der Waals surface area contributed by atoms with E-state index in [1.807, 2.05) is 13.0 Å². The summed E-state index contributed by atoms with van der Waals surface area (Å²) < 4.78 is 0. The van der Waals surface area contributed by atoms with Crippen molar-refractivity contribution in [3.05, 3.63) is 28.3 Å². The SMILES string of the molecule is CCCCSc1cc(NCC)cc([N+](=O)[O-])c1. The Labute approximate surface area is 106 Å². The third-order valence-electron chi connectivity index (χ3n) is 2.25. The molecule has 0 saturated carbocycles. The molecule has 0 aliphatic rings. The standard InChI is InChI=1S/C12H18N2O2S/c1-3-5-6-17-12-8-10(13-4-2)7-11(9-12)14(15)16/h7-9,13H,3-6H2,1-2H3. The molecule has 0 amide bonds. The lowest BCUT2D eigenvalue weighted by atomic mass is 10.3. The number of benzene rings is 1. The fourth-order valence-corrected chi connectivity index (χ4v) is 2.50. The van der Waals surface area contributed by atoms with Crippen molar-refractivity contribution in [3.63, 3.8) is 0 Å². The van der Waals surface area contributed by atoms with Crippen molar-refractivity contribution in [2.75, 3.05) is 17.6 Å². The zero-order valence-electron chi connectivity index (χ0n) is 10.2. The first-order valence-electron chi connectivity index (χ1n) is 5.83. The number of nitro benzene ring substituents is 1. The van der Waals surface area contributed by atoms with E-state index >= 15 is 0 Å². The third-order valence-corrected chi connectivity index (χ3v) is 3.31. The minimum Gasteiger partial charge on any atom is -0.385 e. The van der Waals surface area contributed by atoms with Crippen LogP contribution in [0.25, 0.3) is 0 Å². The summed E-state index contributed by atoms with van der Waals surface area (Å²) in [4.78, 5) is 11.4. The molecule has 0 aliphatic heterocycles. The predicted octanol–water partition coefficient (Wildman–Crippen LogP) is 3.92. The highest BCUT2D eigenvalue weighted by Gasteiger charge is 2.09. The summed E-state index contributed by atoms with van der Waals surface area (Å²) in [6, 6.07) is 5.19. The van der Waals surface area contributed by atoms with Gasteiger partial charge in [-0.25, -0.2) is 0 Å². The molecule has 94 valence electrons. The van der Waals surface area contributed by atoms with Gasteiger partial charge >= 0.3 is 0 Å². The number of anilines is 1. The Bertz CT molecular complexity index is 383. The van der Waals surface area contributed by atoms with Gasteiger partial charge < -0.3 is 5.32 Å². The normalized spacial score (nSPS) is 10.2. The largest absolute Gasteiger partial charge is 0.385 e. The maximum absolute atomic E-state index is 10.8. The Hall–Kier alpha value is -1.23. The highest BCUT2D eigenvalue weighted by Crippen LogP contribution is 2.28. The van der Waals surface area contributed by atoms with E-state index in [0.29, 0.717) is 0 Å². The van der Waals surface area contributed by atoms with Gasteiger partial charge in [0.25, 0.3) is 5.69 Å². The molecule has 0 radical (unpaired) electrons. The van der Waals surface area contributed by atoms with Crippen LogP contribution in [0.4, 0.5) is 11.4 Å². The smallest absolute Gasteiger partial charge is 0.272 e. The minimum absolute atomic E-state index is 0.155. The molecule has 5 heteroatoms. The van der Waals surface area contributed by atoms with E-state index in [4.69, 9.17) is 0 Å². The van der Waals surface area contributed by atoms with Crippen LogP contribution in [0.1, 0.15) is 26.7 Å². The number of hydrogen-bond donors (Lipinski definition) is 1. The molecule has 17 heavy (non-hydrogen) atoms. The molecule has 0 unspecified atom stereocenters. The first-order chi connectivity index (χ1) is 8.17. The number of rotatable bonds is 7. The first kappa shape index (κ1) is 13.8. The van der Waals surface area contributed by atoms with E-state index in [9.17, 15) is 10.1 Å². The average Bonchev–Trinajstić information content (AvgIpc) is 2.29. The summed E-state index contributed by atoms with van der Waals surface area (Å²) >= 11 is 1.67. The van der Waals surface area contributed by atoms with E-state index in [2.05, 4.69) is 12.2 Å². The van der Waals surface area contributed by atoms with Crippen LogP contribution in [0.5, 0.6) is 0 Å². The van der Waals surface area contributed by atoms with Crippen molar-refractivity contribution in [1.29, 1.82) is 0 Å². The van der Waals surface area contributed by atoms with E-state index in [0.717, 1.165) is 35.7 Å². The second-order valence-corrected chi connectivity index (χ2v) is 4.87. The molecule has 0 heterocycles. The maximum Gasteiger partial charge on any atom is 0.272 e. The molecular formula is C12H18N2O2S. The molecule has 0 atom stereocenters. The number of nitrogens with one attached hydrogen (secondary N) is 1. The van der Waals surface area contributed by atoms with Gasteiger partial charge in [0.2, 0.25) is 0 Å². The van der Waals surface area contributed by atoms with Gasteiger partial charge in [-0.1, -0.05) is 13.3 Å². The lowest BCUT2D eigenvalue weighted by molar-refractivity contribution is -0.385. The van der Waals surface area contributed by atoms with Crippen LogP contribution in [-0.2, 0) is 0 Å². The Morgan fingerprint density at radius 2 is 2.12 bits per heavy atom. The highest BCUT2D eigenvalue weighted by atomic mass is 32.2. The molecule has 0 aromatic heterocycles. The summed E-state index contributed by atoms with van der Waals surface area (Å²) in [6.45, 7) is 4.88. The molecule has 0 spiro atoms. The average molecular weight is 254 g/mol. The molecule has 1 aromatic rings. The van der Waals surface area contributed by atoms with Gasteiger partial charge in [0.1, 0.15) is 0 Å². The van der Waals surface area contributed by atoms with Crippen LogP contribution in [0.2, 0.25) is 0 Å². The quantitative estimate of drug-likeness (QED) is 0.347. The first-order valence-corrected chi connectivity index (χ1v) is 6.82. The van der Waals surface area contributed by atoms with Crippen LogP contribution in [0, 0.1) is 10.1 Å². The van der Waals surface area contributed by atoms with Crippen LogP contribution < -0.4 is 5.32 Å². The fraction of sp³-hybridized carbons (Fsp3) is 0.500. The van der Waals surface area contributed by atoms with Crippen molar-refractivity contribution < 1.29 is 4.92 Å². The van der Waals surface area contributed by atoms with Crippen LogP contribution in [0.3, 0.4) is 0 Å². The Balaban J connectivity index is 2.83. The topological polar surface area (TPSA) is 55.2 Å². The third kappa shape index (κ3) is 4.65. The summed E-state index contributed by atoms with van der Waals surface area (Å²) in [6.07, 6.45) is 2.27. The molecular weight excluding hydrogens is 236 g/mol. The number of nitrogens with zero attached hydrogens (tertiary/aromatic N) is 1. The maximum atomic E-state index is 10.8. The zero-order chi connectivity index (χ0) is 12.7. The lowest BCUT2D eigenvalue weighted by Crippen LogP contribution is -1.98. The molecule has 0 aliphatic carbocycles. The van der Waals surface area contributed by atoms with E-state index < -0.39 is 0 Å². The van der Waals surface area contributed by atoms with Crippen molar-refractivity contribution in [1.82, 2.24) is 0 Å². The number of nitro groups is 1. The minimum atomic E-state index is -0.343. The van der Waals surface area contributed by atoms with Crippen LogP contribution in [0.15, 0.2) is 23.1 Å². The lowest BCUT2D eigenvalue weighted by Gasteiger charge is -2.06. The molecule has 1 aromatic carbocycles. The molecule has 1 N–H and O–H groups in total. The Kier molecular flexibility index (Phi) is 5.83. The number of non-ortho nitro benzene ring substituents is 1. The molecule has 0 saturated heterocycles. The van der Waals surface area contributed by atoms with Crippen molar-refractivity contribution >= 4 is 23.1 Å². The monoisotopic (exact) mass is 254 g/mol. The number of unbranched alkanes of at least 4 members (excludes halogenated alkanes) is 1. The van der Waals surface area contributed by atoms with Gasteiger partial charge in [0, 0.05) is 29.3 Å². The van der Waals surface area contributed by atoms with Gasteiger partial charge in [-0.2, -0.15) is 0 Å². The van der Waals surface area contributed by atoms with Gasteiger partial charge in [-0.05, 0) is 25.2 Å². The highest BCUT2D eigenvalue weighted by molar-refractivity contribution is 7.99. The molecule has 0 fully saturated rings. The zero-order valence-corrected chi connectivity index (χ0v) is 11.0. The second kappa shape index (κ2) is 7.17. The van der Waals surface area contributed by atoms with Crippen molar-refractivity contribution in [3.8, 4) is 0 Å². The van der Waals surface area contributed by atoms with Gasteiger partial charge in [-0.15, -0.1) is 11.8 Å². The van der Waals surface area contributed by atoms with E-state index in [1.165, 1.54) is 0 Å². The second-order valence-electron chi connectivity index (χ2n) is 3.71. The van der Waals surface area contributed by atoms with Gasteiger partial charge in [-0.3, -0.25) is 10.1 Å². The van der Waals surface area contributed by atoms with Crippen molar-refractivity contribution in [2.45, 2.75) is 31.6 Å². The van der Waals surface area contributed by atoms with E-state index in [-0.39, 0.29) is 10.6 Å². The molecule has 0 bridgehead atoms. The van der Waals surface area contributed by atoms with Crippen molar-refractivity contribution in [2.24, 2.45) is 0 Å². The Morgan fingerprint density at radius 1 is 1.35 bits per heavy atom. The van der Waals surface area contributed by atoms with Gasteiger partial charge in [0.05, 0.1) is 4.92 Å². The number of thioether (sulfide) groups is 1. The van der Waals surface area contributed by atoms with Gasteiger partial charge in [0.15, 0.2) is 0 Å². The van der Waals surface area contributed by atoms with Crippen LogP contribution in [-0.4, -0.2) is 17.2 Å². The van der Waals surface area contributed by atoms with E-state index in [1.54, 1.807) is 23.9 Å². The molecule has 1 rings (SSSR count). The summed E-state index contributed by atoms with van der Waals surface area (Å²) in [5.74, 6) is 1.00. The number of hydrogen-bond acceptors (Lipinski definition) is 4. The Morgan fingerprint density at radius 3 is 2.71 bits per heavy atom. The molecule has 4 nitrogen and oxygen atoms in total. The summed E-state index contributed by atoms with van der Waals surface area (Å²) in [5, 5.41) is 13.9. The van der Waals surface area contributed by atoms with Crippen LogP contribution >= 0.6 is 11.8 Å². The predicted molar refractivity (Wildman–Crippen MR) is 72.9 cm³/mol. The summed E-state index contributed by atoms with van der Waals surface area (Å²) in [7, 11) is 0. The fourth-order valence-electron chi connectivity index (χ4n) is 1.41. The summed E-state index contributed by atoms with van der Waals surface area (Å²) in [5.41, 5.74) is 0.975.